The Morgan fingerprint density at radius 1 is 1.16 bits per heavy atom. The van der Waals surface area contributed by atoms with E-state index in [9.17, 15) is 19.5 Å². The van der Waals surface area contributed by atoms with Crippen molar-refractivity contribution in [2.24, 2.45) is 5.92 Å². The third-order valence-corrected chi connectivity index (χ3v) is 4.81. The van der Waals surface area contributed by atoms with E-state index >= 15 is 0 Å². The minimum absolute atomic E-state index is 0.0833. The van der Waals surface area contributed by atoms with Crippen LogP contribution in [0.5, 0.6) is 0 Å². The lowest BCUT2D eigenvalue weighted by Crippen LogP contribution is -2.43. The van der Waals surface area contributed by atoms with Crippen molar-refractivity contribution in [2.45, 2.75) is 32.2 Å². The molecule has 1 N–H and O–H groups in total. The highest BCUT2D eigenvalue weighted by molar-refractivity contribution is 6.01. The van der Waals surface area contributed by atoms with Gasteiger partial charge in [0.15, 0.2) is 5.78 Å². The van der Waals surface area contributed by atoms with Gasteiger partial charge in [-0.25, -0.2) is 4.79 Å². The Kier molecular flexibility index (Phi) is 4.83. The van der Waals surface area contributed by atoms with Gasteiger partial charge in [0.05, 0.1) is 0 Å². The Morgan fingerprint density at radius 2 is 1.88 bits per heavy atom. The van der Waals surface area contributed by atoms with Gasteiger partial charge in [0.25, 0.3) is 0 Å². The number of aliphatic carboxylic acids is 1. The molecule has 1 unspecified atom stereocenters. The molecule has 0 saturated carbocycles. The molecule has 2 aromatic carbocycles. The molecular formula is C20H21NO4. The number of ketones is 1. The standard InChI is InChI=1S/C20H21NO4/c1-13(19(23)21-10-4-7-17(21)20(24)25)11-18(22)16-9-8-14-5-2-3-6-15(14)12-16/h2-3,5-6,8-9,12-13,17H,4,7,10-11H2,1H3,(H,24,25)/t13?,17-/m0/s1. The summed E-state index contributed by atoms with van der Waals surface area (Å²) in [6.07, 6.45) is 1.25. The fraction of sp³-hybridized carbons (Fsp3) is 0.350. The summed E-state index contributed by atoms with van der Waals surface area (Å²) in [4.78, 5) is 37.7. The quantitative estimate of drug-likeness (QED) is 0.849. The predicted molar refractivity (Wildman–Crippen MR) is 94.4 cm³/mol. The number of likely N-dealkylation sites (tertiary alicyclic amines) is 1. The first kappa shape index (κ1) is 17.1. The van der Waals surface area contributed by atoms with Crippen LogP contribution in [0.2, 0.25) is 0 Å². The summed E-state index contributed by atoms with van der Waals surface area (Å²) in [5.41, 5.74) is 0.578. The molecule has 1 aliphatic rings. The average molecular weight is 339 g/mol. The van der Waals surface area contributed by atoms with Gasteiger partial charge in [-0.15, -0.1) is 0 Å². The average Bonchev–Trinajstić information content (AvgIpc) is 3.10. The number of carbonyl (C=O) groups excluding carboxylic acids is 2. The number of Topliss-reactive ketones (excluding diaryl/α,β-unsaturated/α-hetero) is 1. The molecule has 1 saturated heterocycles. The summed E-state index contributed by atoms with van der Waals surface area (Å²) < 4.78 is 0. The monoisotopic (exact) mass is 339 g/mol. The predicted octanol–water partition coefficient (Wildman–Crippen LogP) is 3.12. The Labute approximate surface area is 146 Å². The van der Waals surface area contributed by atoms with Crippen molar-refractivity contribution < 1.29 is 19.5 Å². The first-order valence-electron chi connectivity index (χ1n) is 8.52. The maximum atomic E-state index is 12.5. The van der Waals surface area contributed by atoms with Gasteiger partial charge in [0.1, 0.15) is 6.04 Å². The van der Waals surface area contributed by atoms with Crippen molar-refractivity contribution in [3.8, 4) is 0 Å². The van der Waals surface area contributed by atoms with Crippen LogP contribution in [0, 0.1) is 5.92 Å². The highest BCUT2D eigenvalue weighted by Crippen LogP contribution is 2.23. The number of rotatable bonds is 5. The van der Waals surface area contributed by atoms with Gasteiger partial charge in [-0.3, -0.25) is 9.59 Å². The number of nitrogens with zero attached hydrogens (tertiary/aromatic N) is 1. The molecule has 0 radical (unpaired) electrons. The number of carboxylic acid groups (broad SMARTS) is 1. The number of hydrogen-bond donors (Lipinski definition) is 1. The fourth-order valence-corrected chi connectivity index (χ4v) is 3.42. The number of amides is 1. The smallest absolute Gasteiger partial charge is 0.326 e. The van der Waals surface area contributed by atoms with Crippen molar-refractivity contribution in [1.82, 2.24) is 4.90 Å². The van der Waals surface area contributed by atoms with E-state index in [0.717, 1.165) is 10.8 Å². The maximum absolute atomic E-state index is 12.5. The second-order valence-corrected chi connectivity index (χ2v) is 6.62. The third-order valence-electron chi connectivity index (χ3n) is 4.81. The summed E-state index contributed by atoms with van der Waals surface area (Å²) >= 11 is 0. The Balaban J connectivity index is 1.70. The molecule has 25 heavy (non-hydrogen) atoms. The topological polar surface area (TPSA) is 74.7 Å². The summed E-state index contributed by atoms with van der Waals surface area (Å²) in [7, 11) is 0. The van der Waals surface area contributed by atoms with Gasteiger partial charge < -0.3 is 10.0 Å². The lowest BCUT2D eigenvalue weighted by molar-refractivity contribution is -0.149. The molecule has 1 amide bonds. The zero-order valence-corrected chi connectivity index (χ0v) is 14.1. The molecule has 2 aromatic rings. The molecule has 2 atom stereocenters. The van der Waals surface area contributed by atoms with Crippen LogP contribution < -0.4 is 0 Å². The summed E-state index contributed by atoms with van der Waals surface area (Å²) in [5, 5.41) is 11.3. The molecular weight excluding hydrogens is 318 g/mol. The van der Waals surface area contributed by atoms with E-state index in [1.165, 1.54) is 4.90 Å². The number of carboxylic acids is 1. The molecule has 1 aliphatic heterocycles. The van der Waals surface area contributed by atoms with Crippen LogP contribution in [-0.4, -0.2) is 40.3 Å². The van der Waals surface area contributed by atoms with Gasteiger partial charge in [-0.1, -0.05) is 43.3 Å². The molecule has 5 nitrogen and oxygen atoms in total. The normalized spacial score (nSPS) is 18.3. The minimum atomic E-state index is -0.973. The van der Waals surface area contributed by atoms with E-state index < -0.39 is 17.9 Å². The SMILES string of the molecule is CC(CC(=O)c1ccc2ccccc2c1)C(=O)N1CCC[C@H]1C(=O)O. The molecule has 3 rings (SSSR count). The van der Waals surface area contributed by atoms with E-state index in [0.29, 0.717) is 24.9 Å². The van der Waals surface area contributed by atoms with Crippen molar-refractivity contribution in [3.63, 3.8) is 0 Å². The summed E-state index contributed by atoms with van der Waals surface area (Å²) in [5.74, 6) is -1.85. The zero-order valence-electron chi connectivity index (χ0n) is 14.1. The molecule has 1 fully saturated rings. The van der Waals surface area contributed by atoms with E-state index in [1.807, 2.05) is 36.4 Å². The van der Waals surface area contributed by atoms with Gasteiger partial charge >= 0.3 is 5.97 Å². The highest BCUT2D eigenvalue weighted by Gasteiger charge is 2.36. The molecule has 0 aliphatic carbocycles. The zero-order chi connectivity index (χ0) is 18.0. The van der Waals surface area contributed by atoms with Crippen molar-refractivity contribution >= 4 is 28.4 Å². The second-order valence-electron chi connectivity index (χ2n) is 6.62. The van der Waals surface area contributed by atoms with E-state index in [-0.39, 0.29) is 18.1 Å². The summed E-state index contributed by atoms with van der Waals surface area (Å²) in [6, 6.07) is 12.5. The highest BCUT2D eigenvalue weighted by atomic mass is 16.4. The van der Waals surface area contributed by atoms with Crippen molar-refractivity contribution in [2.75, 3.05) is 6.54 Å². The number of hydrogen-bond acceptors (Lipinski definition) is 3. The van der Waals surface area contributed by atoms with Crippen LogP contribution in [-0.2, 0) is 9.59 Å². The first-order valence-corrected chi connectivity index (χ1v) is 8.52. The van der Waals surface area contributed by atoms with Crippen LogP contribution in [0.3, 0.4) is 0 Å². The van der Waals surface area contributed by atoms with E-state index in [4.69, 9.17) is 0 Å². The van der Waals surface area contributed by atoms with Gasteiger partial charge in [0, 0.05) is 24.4 Å². The van der Waals surface area contributed by atoms with E-state index in [1.54, 1.807) is 13.0 Å². The first-order chi connectivity index (χ1) is 12.0. The largest absolute Gasteiger partial charge is 0.480 e. The maximum Gasteiger partial charge on any atom is 0.326 e. The van der Waals surface area contributed by atoms with Gasteiger partial charge in [0.2, 0.25) is 5.91 Å². The molecule has 0 spiro atoms. The number of fused-ring (bicyclic) bond motifs is 1. The fourth-order valence-electron chi connectivity index (χ4n) is 3.42. The minimum Gasteiger partial charge on any atom is -0.480 e. The summed E-state index contributed by atoms with van der Waals surface area (Å²) in [6.45, 7) is 2.14. The van der Waals surface area contributed by atoms with Crippen molar-refractivity contribution in [3.05, 3.63) is 48.0 Å². The van der Waals surface area contributed by atoms with E-state index in [2.05, 4.69) is 0 Å². The van der Waals surface area contributed by atoms with Gasteiger partial charge in [-0.05, 0) is 29.7 Å². The second kappa shape index (κ2) is 7.05. The Hall–Kier alpha value is -2.69. The van der Waals surface area contributed by atoms with Crippen molar-refractivity contribution in [1.29, 1.82) is 0 Å². The lowest BCUT2D eigenvalue weighted by atomic mass is 9.96. The van der Waals surface area contributed by atoms with Crippen LogP contribution in [0.15, 0.2) is 42.5 Å². The van der Waals surface area contributed by atoms with Crippen LogP contribution in [0.4, 0.5) is 0 Å². The molecule has 5 heteroatoms. The van der Waals surface area contributed by atoms with Crippen LogP contribution >= 0.6 is 0 Å². The van der Waals surface area contributed by atoms with Crippen LogP contribution in [0.1, 0.15) is 36.5 Å². The van der Waals surface area contributed by atoms with Gasteiger partial charge in [-0.2, -0.15) is 0 Å². The molecule has 0 aromatic heterocycles. The molecule has 0 bridgehead atoms. The Bertz CT molecular complexity index is 829. The third kappa shape index (κ3) is 3.55. The van der Waals surface area contributed by atoms with Crippen LogP contribution in [0.25, 0.3) is 10.8 Å². The molecule has 1 heterocycles. The lowest BCUT2D eigenvalue weighted by Gasteiger charge is -2.24. The number of benzene rings is 2. The number of carbonyl (C=O) groups is 3. The molecule has 130 valence electrons. The Morgan fingerprint density at radius 3 is 2.60 bits per heavy atom.